The quantitative estimate of drug-likeness (QED) is 0.120. The van der Waals surface area contributed by atoms with Crippen molar-refractivity contribution in [3.05, 3.63) is 35.4 Å². The number of hydrogen-bond donors (Lipinski definition) is 0. The standard InChI is InChI=1S/C29H47NO9/c1-2-3-4-5-8-12-33-14-16-35-18-20-37-22-24-39-25-23-38-21-19-36-17-15-34-13-11-30-28(31)26-9-6-7-10-27(26)29(30)32/h6-7,9-10H,2-5,8,11-25H2,1H3. The third-order valence-corrected chi connectivity index (χ3v) is 5.96. The topological polar surface area (TPSA) is 102 Å². The monoisotopic (exact) mass is 553 g/mol. The van der Waals surface area contributed by atoms with E-state index < -0.39 is 0 Å². The molecule has 1 aromatic carbocycles. The largest absolute Gasteiger partial charge is 0.379 e. The minimum Gasteiger partial charge on any atom is -0.379 e. The van der Waals surface area contributed by atoms with Crippen LogP contribution in [0.2, 0.25) is 0 Å². The van der Waals surface area contributed by atoms with Gasteiger partial charge in [-0.25, -0.2) is 0 Å². The Labute approximate surface area is 233 Å². The zero-order chi connectivity index (χ0) is 27.8. The van der Waals surface area contributed by atoms with Gasteiger partial charge in [0.05, 0.1) is 104 Å². The van der Waals surface area contributed by atoms with Crippen molar-refractivity contribution in [3.8, 4) is 0 Å². The van der Waals surface area contributed by atoms with E-state index in [1.165, 1.54) is 30.6 Å². The minimum atomic E-state index is -0.269. The summed E-state index contributed by atoms with van der Waals surface area (Å²) in [5.74, 6) is -0.539. The van der Waals surface area contributed by atoms with Gasteiger partial charge < -0.3 is 33.2 Å². The molecule has 0 saturated heterocycles. The molecule has 0 atom stereocenters. The van der Waals surface area contributed by atoms with Gasteiger partial charge in [0.1, 0.15) is 0 Å². The predicted octanol–water partition coefficient (Wildman–Crippen LogP) is 3.37. The van der Waals surface area contributed by atoms with E-state index in [4.69, 9.17) is 33.2 Å². The van der Waals surface area contributed by atoms with Crippen molar-refractivity contribution in [1.82, 2.24) is 4.90 Å². The number of ether oxygens (including phenoxy) is 7. The zero-order valence-corrected chi connectivity index (χ0v) is 23.6. The molecule has 1 aliphatic heterocycles. The van der Waals surface area contributed by atoms with Crippen LogP contribution in [0.1, 0.15) is 59.7 Å². The number of rotatable bonds is 27. The molecule has 1 aliphatic rings. The molecule has 0 bridgehead atoms. The lowest BCUT2D eigenvalue weighted by Crippen LogP contribution is -2.33. The molecule has 0 aliphatic carbocycles. The first-order chi connectivity index (χ1) is 19.3. The molecule has 0 saturated carbocycles. The number of nitrogens with zero attached hydrogens (tertiary/aromatic N) is 1. The molecule has 0 aromatic heterocycles. The summed E-state index contributed by atoms with van der Waals surface area (Å²) in [7, 11) is 0. The van der Waals surface area contributed by atoms with Gasteiger partial charge in [-0.05, 0) is 18.6 Å². The van der Waals surface area contributed by atoms with Gasteiger partial charge in [0.2, 0.25) is 0 Å². The maximum Gasteiger partial charge on any atom is 0.261 e. The van der Waals surface area contributed by atoms with Crippen LogP contribution < -0.4 is 0 Å². The van der Waals surface area contributed by atoms with Gasteiger partial charge in [-0.1, -0.05) is 44.7 Å². The van der Waals surface area contributed by atoms with Crippen molar-refractivity contribution in [2.24, 2.45) is 0 Å². The Hall–Kier alpha value is -1.92. The Balaban J connectivity index is 1.23. The van der Waals surface area contributed by atoms with Crippen LogP contribution in [0.3, 0.4) is 0 Å². The molecule has 0 N–H and O–H groups in total. The number of unbranched alkanes of at least 4 members (excludes halogenated alkanes) is 4. The molecule has 0 radical (unpaired) electrons. The molecule has 2 amide bonds. The van der Waals surface area contributed by atoms with Gasteiger partial charge in [-0.15, -0.1) is 0 Å². The summed E-state index contributed by atoms with van der Waals surface area (Å²) < 4.78 is 38.4. The molecule has 0 fully saturated rings. The number of carbonyl (C=O) groups excluding carboxylic acids is 2. The molecule has 0 spiro atoms. The average molecular weight is 554 g/mol. The number of imide groups is 1. The van der Waals surface area contributed by atoms with Gasteiger partial charge in [0.25, 0.3) is 11.8 Å². The second kappa shape index (κ2) is 22.9. The fraction of sp³-hybridized carbons (Fsp3) is 0.724. The van der Waals surface area contributed by atoms with Gasteiger partial charge in [0, 0.05) is 6.61 Å². The van der Waals surface area contributed by atoms with Crippen LogP contribution >= 0.6 is 0 Å². The number of fused-ring (bicyclic) bond motifs is 1. The van der Waals surface area contributed by atoms with E-state index >= 15 is 0 Å². The molecule has 2 rings (SSSR count). The first-order valence-corrected chi connectivity index (χ1v) is 14.2. The van der Waals surface area contributed by atoms with Gasteiger partial charge in [-0.3, -0.25) is 14.5 Å². The Morgan fingerprint density at radius 1 is 0.487 bits per heavy atom. The molecule has 1 aromatic rings. The fourth-order valence-electron chi connectivity index (χ4n) is 3.83. The average Bonchev–Trinajstić information content (AvgIpc) is 3.19. The minimum absolute atomic E-state index is 0.225. The summed E-state index contributed by atoms with van der Waals surface area (Å²) in [5.41, 5.74) is 0.900. The summed E-state index contributed by atoms with van der Waals surface area (Å²) in [6.07, 6.45) is 6.25. The lowest BCUT2D eigenvalue weighted by molar-refractivity contribution is -0.0208. The van der Waals surface area contributed by atoms with E-state index in [-0.39, 0.29) is 25.0 Å². The van der Waals surface area contributed by atoms with E-state index in [9.17, 15) is 9.59 Å². The van der Waals surface area contributed by atoms with Gasteiger partial charge in [0.15, 0.2) is 0 Å². The van der Waals surface area contributed by atoms with Crippen molar-refractivity contribution >= 4 is 11.8 Å². The van der Waals surface area contributed by atoms with Crippen molar-refractivity contribution in [3.63, 3.8) is 0 Å². The van der Waals surface area contributed by atoms with Crippen LogP contribution in [0.5, 0.6) is 0 Å². The Morgan fingerprint density at radius 3 is 1.26 bits per heavy atom. The molecule has 222 valence electrons. The van der Waals surface area contributed by atoms with Crippen molar-refractivity contribution in [2.75, 3.05) is 99.0 Å². The van der Waals surface area contributed by atoms with Gasteiger partial charge >= 0.3 is 0 Å². The summed E-state index contributed by atoms with van der Waals surface area (Å²) in [6.45, 7) is 9.60. The molecular formula is C29H47NO9. The SMILES string of the molecule is CCCCCCCOCCOCCOCCOCCOCCOCCOCCN1C(=O)c2ccccc2C1=O. The number of carbonyl (C=O) groups is 2. The van der Waals surface area contributed by atoms with E-state index in [2.05, 4.69) is 6.92 Å². The third-order valence-electron chi connectivity index (χ3n) is 5.96. The van der Waals surface area contributed by atoms with Crippen molar-refractivity contribution < 1.29 is 42.7 Å². The van der Waals surface area contributed by atoms with Gasteiger partial charge in [-0.2, -0.15) is 0 Å². The van der Waals surface area contributed by atoms with E-state index in [1.54, 1.807) is 24.3 Å². The Kier molecular flexibility index (Phi) is 19.5. The molecule has 10 nitrogen and oxygen atoms in total. The highest BCUT2D eigenvalue weighted by Gasteiger charge is 2.34. The van der Waals surface area contributed by atoms with Crippen LogP contribution in [-0.2, 0) is 33.2 Å². The van der Waals surface area contributed by atoms with E-state index in [0.29, 0.717) is 90.4 Å². The van der Waals surface area contributed by atoms with Crippen molar-refractivity contribution in [2.45, 2.75) is 39.0 Å². The van der Waals surface area contributed by atoms with Crippen LogP contribution in [-0.4, -0.2) is 116 Å². The second-order valence-corrected chi connectivity index (χ2v) is 9.01. The summed E-state index contributed by atoms with van der Waals surface area (Å²) in [5, 5.41) is 0. The van der Waals surface area contributed by atoms with Crippen LogP contribution in [0.15, 0.2) is 24.3 Å². The molecule has 39 heavy (non-hydrogen) atoms. The van der Waals surface area contributed by atoms with E-state index in [0.717, 1.165) is 13.0 Å². The normalized spacial score (nSPS) is 13.0. The zero-order valence-electron chi connectivity index (χ0n) is 23.6. The predicted molar refractivity (Wildman–Crippen MR) is 146 cm³/mol. The summed E-state index contributed by atoms with van der Waals surface area (Å²) in [6, 6.07) is 6.84. The Morgan fingerprint density at radius 2 is 0.846 bits per heavy atom. The van der Waals surface area contributed by atoms with Crippen LogP contribution in [0.4, 0.5) is 0 Å². The first-order valence-electron chi connectivity index (χ1n) is 14.2. The van der Waals surface area contributed by atoms with E-state index in [1.807, 2.05) is 0 Å². The molecule has 1 heterocycles. The number of amides is 2. The highest BCUT2D eigenvalue weighted by atomic mass is 16.6. The summed E-state index contributed by atoms with van der Waals surface area (Å²) >= 11 is 0. The third kappa shape index (κ3) is 14.9. The summed E-state index contributed by atoms with van der Waals surface area (Å²) in [4.78, 5) is 25.8. The fourth-order valence-corrected chi connectivity index (χ4v) is 3.83. The van der Waals surface area contributed by atoms with Crippen LogP contribution in [0.25, 0.3) is 0 Å². The first kappa shape index (κ1) is 33.3. The van der Waals surface area contributed by atoms with Crippen molar-refractivity contribution in [1.29, 1.82) is 0 Å². The highest BCUT2D eigenvalue weighted by molar-refractivity contribution is 6.21. The maximum absolute atomic E-state index is 12.3. The second-order valence-electron chi connectivity index (χ2n) is 9.01. The molecule has 0 unspecified atom stereocenters. The number of hydrogen-bond acceptors (Lipinski definition) is 9. The lowest BCUT2D eigenvalue weighted by atomic mass is 10.1. The molecule has 10 heteroatoms. The Bertz CT molecular complexity index is 742. The number of benzene rings is 1. The van der Waals surface area contributed by atoms with Crippen LogP contribution in [0, 0.1) is 0 Å². The highest BCUT2D eigenvalue weighted by Crippen LogP contribution is 2.21. The lowest BCUT2D eigenvalue weighted by Gasteiger charge is -2.13. The maximum atomic E-state index is 12.3. The smallest absolute Gasteiger partial charge is 0.261 e. The molecular weight excluding hydrogens is 506 g/mol.